The fourth-order valence-corrected chi connectivity index (χ4v) is 6.61. The molecule has 0 aliphatic carbocycles. The van der Waals surface area contributed by atoms with Crippen LogP contribution in [0.25, 0.3) is 0 Å². The SMILES string of the molecule is CCC=CCC=CCC=CCCCCCCCC(=O)OC(COC(=O)CCCCCCCCCC=CCCCCCCCC)COC1OC(CO)C(O)C(O)C1O. The lowest BCUT2D eigenvalue weighted by molar-refractivity contribution is -0.305. The van der Waals surface area contributed by atoms with E-state index in [0.29, 0.717) is 6.42 Å². The second-order valence-corrected chi connectivity index (χ2v) is 15.5. The van der Waals surface area contributed by atoms with Crippen molar-refractivity contribution >= 4 is 11.9 Å². The molecule has 57 heavy (non-hydrogen) atoms. The molecule has 0 bridgehead atoms. The van der Waals surface area contributed by atoms with Crippen LogP contribution in [0.1, 0.15) is 181 Å². The number of rotatable bonds is 37. The molecule has 6 atom stereocenters. The van der Waals surface area contributed by atoms with Crippen LogP contribution in [-0.4, -0.2) is 89.0 Å². The Kier molecular flexibility index (Phi) is 35.0. The van der Waals surface area contributed by atoms with E-state index in [1.54, 1.807) is 0 Å². The van der Waals surface area contributed by atoms with Crippen molar-refractivity contribution in [3.05, 3.63) is 48.6 Å². The first-order valence-electron chi connectivity index (χ1n) is 22.7. The third-order valence-electron chi connectivity index (χ3n) is 10.2. The van der Waals surface area contributed by atoms with Gasteiger partial charge in [-0.1, -0.05) is 146 Å². The van der Waals surface area contributed by atoms with Crippen molar-refractivity contribution in [1.29, 1.82) is 0 Å². The molecule has 10 nitrogen and oxygen atoms in total. The number of aliphatic hydroxyl groups excluding tert-OH is 4. The molecule has 0 aromatic heterocycles. The van der Waals surface area contributed by atoms with Crippen LogP contribution in [0.4, 0.5) is 0 Å². The Labute approximate surface area is 346 Å². The number of hydrogen-bond donors (Lipinski definition) is 4. The number of aliphatic hydroxyl groups is 4. The lowest BCUT2D eigenvalue weighted by atomic mass is 9.99. The Morgan fingerprint density at radius 3 is 1.58 bits per heavy atom. The summed E-state index contributed by atoms with van der Waals surface area (Å²) < 4.78 is 22.1. The van der Waals surface area contributed by atoms with Crippen LogP contribution in [0.15, 0.2) is 48.6 Å². The van der Waals surface area contributed by atoms with E-state index >= 15 is 0 Å². The molecule has 1 rings (SSSR count). The molecule has 330 valence electrons. The van der Waals surface area contributed by atoms with Gasteiger partial charge in [0.25, 0.3) is 0 Å². The second kappa shape index (κ2) is 37.9. The van der Waals surface area contributed by atoms with Gasteiger partial charge >= 0.3 is 11.9 Å². The number of allylic oxidation sites excluding steroid dienone is 8. The van der Waals surface area contributed by atoms with Crippen LogP contribution in [0.5, 0.6) is 0 Å². The van der Waals surface area contributed by atoms with E-state index in [4.69, 9.17) is 18.9 Å². The highest BCUT2D eigenvalue weighted by Crippen LogP contribution is 2.22. The number of esters is 2. The van der Waals surface area contributed by atoms with Crippen molar-refractivity contribution in [3.8, 4) is 0 Å². The minimum Gasteiger partial charge on any atom is -0.462 e. The number of carbonyl (C=O) groups is 2. The van der Waals surface area contributed by atoms with Crippen molar-refractivity contribution < 1.29 is 49.0 Å². The summed E-state index contributed by atoms with van der Waals surface area (Å²) in [5, 5.41) is 40.1. The first-order chi connectivity index (χ1) is 27.8. The zero-order chi connectivity index (χ0) is 41.6. The minimum atomic E-state index is -1.60. The lowest BCUT2D eigenvalue weighted by Gasteiger charge is -2.39. The van der Waals surface area contributed by atoms with Crippen LogP contribution < -0.4 is 0 Å². The average Bonchev–Trinajstić information content (AvgIpc) is 3.21. The zero-order valence-corrected chi connectivity index (χ0v) is 35.8. The first-order valence-corrected chi connectivity index (χ1v) is 22.7. The summed E-state index contributed by atoms with van der Waals surface area (Å²) in [7, 11) is 0. The van der Waals surface area contributed by atoms with Crippen molar-refractivity contribution in [2.45, 2.75) is 218 Å². The quantitative estimate of drug-likeness (QED) is 0.0271. The Balaban J connectivity index is 2.33. The summed E-state index contributed by atoms with van der Waals surface area (Å²) >= 11 is 0. The van der Waals surface area contributed by atoms with E-state index < -0.39 is 49.4 Å². The fourth-order valence-electron chi connectivity index (χ4n) is 6.61. The van der Waals surface area contributed by atoms with E-state index in [9.17, 15) is 30.0 Å². The molecule has 1 aliphatic heterocycles. The summed E-state index contributed by atoms with van der Waals surface area (Å²) in [6, 6.07) is 0. The van der Waals surface area contributed by atoms with Crippen LogP contribution in [0.2, 0.25) is 0 Å². The van der Waals surface area contributed by atoms with Gasteiger partial charge in [-0.3, -0.25) is 9.59 Å². The third-order valence-corrected chi connectivity index (χ3v) is 10.2. The second-order valence-electron chi connectivity index (χ2n) is 15.5. The van der Waals surface area contributed by atoms with Gasteiger partial charge in [-0.15, -0.1) is 0 Å². The highest BCUT2D eigenvalue weighted by Gasteiger charge is 2.44. The summed E-state index contributed by atoms with van der Waals surface area (Å²) in [4.78, 5) is 25.3. The van der Waals surface area contributed by atoms with E-state index in [0.717, 1.165) is 83.5 Å². The van der Waals surface area contributed by atoms with Gasteiger partial charge in [-0.25, -0.2) is 0 Å². The summed E-state index contributed by atoms with van der Waals surface area (Å²) in [6.45, 7) is 3.28. The number of hydrogen-bond acceptors (Lipinski definition) is 10. The number of unbranched alkanes of at least 4 members (excludes halogenated alkanes) is 18. The molecule has 10 heteroatoms. The maximum atomic E-state index is 12.8. The molecular formula is C47H82O10. The van der Waals surface area contributed by atoms with E-state index in [2.05, 4.69) is 62.5 Å². The van der Waals surface area contributed by atoms with Crippen molar-refractivity contribution in [3.63, 3.8) is 0 Å². The molecule has 1 fully saturated rings. The van der Waals surface area contributed by atoms with E-state index in [1.165, 1.54) is 64.2 Å². The van der Waals surface area contributed by atoms with Gasteiger partial charge in [0, 0.05) is 12.8 Å². The molecule has 0 spiro atoms. The van der Waals surface area contributed by atoms with Gasteiger partial charge in [-0.05, 0) is 70.6 Å². The van der Waals surface area contributed by atoms with E-state index in [1.807, 2.05) is 0 Å². The predicted molar refractivity (Wildman–Crippen MR) is 229 cm³/mol. The molecule has 0 amide bonds. The molecule has 0 aromatic rings. The Morgan fingerprint density at radius 2 is 1.04 bits per heavy atom. The summed E-state index contributed by atoms with van der Waals surface area (Å²) in [5.41, 5.74) is 0. The molecule has 1 saturated heterocycles. The molecule has 0 saturated carbocycles. The predicted octanol–water partition coefficient (Wildman–Crippen LogP) is 9.67. The van der Waals surface area contributed by atoms with Crippen molar-refractivity contribution in [2.24, 2.45) is 0 Å². The normalized spacial score (nSPS) is 20.7. The van der Waals surface area contributed by atoms with Crippen molar-refractivity contribution in [1.82, 2.24) is 0 Å². The first kappa shape index (κ1) is 52.7. The molecule has 1 heterocycles. The van der Waals surface area contributed by atoms with Gasteiger partial charge in [-0.2, -0.15) is 0 Å². The molecule has 1 aliphatic rings. The molecule has 0 aromatic carbocycles. The Hall–Kier alpha value is -2.34. The molecule has 0 radical (unpaired) electrons. The van der Waals surface area contributed by atoms with Gasteiger partial charge in [0.05, 0.1) is 13.2 Å². The van der Waals surface area contributed by atoms with Crippen LogP contribution in [0.3, 0.4) is 0 Å². The van der Waals surface area contributed by atoms with Gasteiger partial charge in [0.2, 0.25) is 0 Å². The third kappa shape index (κ3) is 29.5. The van der Waals surface area contributed by atoms with Crippen LogP contribution >= 0.6 is 0 Å². The van der Waals surface area contributed by atoms with Crippen LogP contribution in [-0.2, 0) is 28.5 Å². The van der Waals surface area contributed by atoms with E-state index in [-0.39, 0.29) is 32.0 Å². The van der Waals surface area contributed by atoms with Gasteiger partial charge in [0.15, 0.2) is 12.4 Å². The Morgan fingerprint density at radius 1 is 0.561 bits per heavy atom. The molecular weight excluding hydrogens is 725 g/mol. The minimum absolute atomic E-state index is 0.208. The zero-order valence-electron chi connectivity index (χ0n) is 35.8. The Bertz CT molecular complexity index is 1070. The van der Waals surface area contributed by atoms with Gasteiger partial charge in [0.1, 0.15) is 31.0 Å². The van der Waals surface area contributed by atoms with Gasteiger partial charge < -0.3 is 39.4 Å². The highest BCUT2D eigenvalue weighted by molar-refractivity contribution is 5.70. The maximum absolute atomic E-state index is 12.8. The van der Waals surface area contributed by atoms with Crippen LogP contribution in [0, 0.1) is 0 Å². The number of ether oxygens (including phenoxy) is 4. The smallest absolute Gasteiger partial charge is 0.306 e. The topological polar surface area (TPSA) is 152 Å². The number of carbonyl (C=O) groups excluding carboxylic acids is 2. The molecule has 4 N–H and O–H groups in total. The van der Waals surface area contributed by atoms with Crippen molar-refractivity contribution in [2.75, 3.05) is 19.8 Å². The summed E-state index contributed by atoms with van der Waals surface area (Å²) in [5.74, 6) is -0.832. The average molecular weight is 807 g/mol. The fraction of sp³-hybridized carbons (Fsp3) is 0.787. The highest BCUT2D eigenvalue weighted by atomic mass is 16.7. The molecule has 6 unspecified atom stereocenters. The standard InChI is InChI=1S/C47H82O10/c1-3-5-7-9-11-13-15-17-19-20-22-23-25-27-29-31-33-35-42(49)54-38-40(39-55-47-46(53)45(52)44(51)41(37-48)57-47)56-43(50)36-34-32-30-28-26-24-21-18-16-14-12-10-8-6-4-2/h6,8,12,14,17-19,21,40-41,44-48,51-53H,3-5,7,9-11,13,15-16,20,22-39H2,1-2H3. The maximum Gasteiger partial charge on any atom is 0.306 e. The lowest BCUT2D eigenvalue weighted by Crippen LogP contribution is -2.59. The largest absolute Gasteiger partial charge is 0.462 e. The monoisotopic (exact) mass is 807 g/mol. The summed E-state index contributed by atoms with van der Waals surface area (Å²) in [6.07, 6.45) is 36.8.